The highest BCUT2D eigenvalue weighted by Crippen LogP contribution is 2.31. The number of Topliss-reactive ketones (excluding diaryl/α,β-unsaturated/α-hetero) is 1. The number of fused-ring (bicyclic) bond motifs is 3. The zero-order valence-electron chi connectivity index (χ0n) is 7.79. The molecule has 0 aromatic carbocycles. The molecule has 3 nitrogen and oxygen atoms in total. The number of hydrogen-bond donors (Lipinski definition) is 0. The molecule has 3 atom stereocenters. The quantitative estimate of drug-likeness (QED) is 0.419. The summed E-state index contributed by atoms with van der Waals surface area (Å²) in [4.78, 5) is 22.9. The SMILES string of the molecule is C[C@@H]1C[C@@H]2CCC(=O)[C@H](C1)C(=O)O2. The van der Waals surface area contributed by atoms with Crippen LogP contribution >= 0.6 is 0 Å². The average Bonchev–Trinajstić information content (AvgIpc) is 2.26. The Morgan fingerprint density at radius 1 is 1.31 bits per heavy atom. The van der Waals surface area contributed by atoms with Crippen molar-refractivity contribution < 1.29 is 14.3 Å². The molecule has 2 fully saturated rings. The highest BCUT2D eigenvalue weighted by molar-refractivity contribution is 5.99. The number of carbonyl (C=O) groups excluding carboxylic acids is 2. The summed E-state index contributed by atoms with van der Waals surface area (Å²) in [5, 5.41) is 0. The second kappa shape index (κ2) is 3.13. The van der Waals surface area contributed by atoms with E-state index in [0.717, 1.165) is 12.8 Å². The minimum atomic E-state index is -0.456. The monoisotopic (exact) mass is 182 g/mol. The molecule has 0 spiro atoms. The third kappa shape index (κ3) is 1.60. The number of carbonyl (C=O) groups is 2. The molecule has 0 aromatic rings. The molecule has 3 heteroatoms. The first-order chi connectivity index (χ1) is 6.16. The highest BCUT2D eigenvalue weighted by atomic mass is 16.5. The van der Waals surface area contributed by atoms with E-state index >= 15 is 0 Å². The van der Waals surface area contributed by atoms with E-state index in [1.807, 2.05) is 0 Å². The Balaban J connectivity index is 2.26. The molecule has 2 saturated heterocycles. The molecular formula is C10H14O3. The van der Waals surface area contributed by atoms with Crippen LogP contribution in [0.15, 0.2) is 0 Å². The van der Waals surface area contributed by atoms with Crippen LogP contribution < -0.4 is 0 Å². The van der Waals surface area contributed by atoms with Gasteiger partial charge < -0.3 is 4.74 Å². The maximum atomic E-state index is 11.5. The third-order valence-corrected chi connectivity index (χ3v) is 2.97. The van der Waals surface area contributed by atoms with Crippen LogP contribution in [0.2, 0.25) is 0 Å². The molecule has 2 bridgehead atoms. The van der Waals surface area contributed by atoms with E-state index in [2.05, 4.69) is 6.92 Å². The van der Waals surface area contributed by atoms with Crippen molar-refractivity contribution in [1.82, 2.24) is 0 Å². The maximum absolute atomic E-state index is 11.5. The number of esters is 1. The molecule has 0 unspecified atom stereocenters. The van der Waals surface area contributed by atoms with Crippen molar-refractivity contribution in [3.8, 4) is 0 Å². The summed E-state index contributed by atoms with van der Waals surface area (Å²) < 4.78 is 5.22. The van der Waals surface area contributed by atoms with Gasteiger partial charge in [-0.05, 0) is 25.2 Å². The van der Waals surface area contributed by atoms with E-state index in [4.69, 9.17) is 4.74 Å². The van der Waals surface area contributed by atoms with Gasteiger partial charge in [-0.2, -0.15) is 0 Å². The van der Waals surface area contributed by atoms with Gasteiger partial charge in [-0.3, -0.25) is 9.59 Å². The molecule has 2 aliphatic rings. The van der Waals surface area contributed by atoms with Gasteiger partial charge in [-0.15, -0.1) is 0 Å². The van der Waals surface area contributed by atoms with E-state index in [0.29, 0.717) is 18.8 Å². The first-order valence-corrected chi connectivity index (χ1v) is 4.90. The fraction of sp³-hybridized carbons (Fsp3) is 0.800. The van der Waals surface area contributed by atoms with Crippen LogP contribution in [0.4, 0.5) is 0 Å². The minimum absolute atomic E-state index is 0.000972. The fourth-order valence-electron chi connectivity index (χ4n) is 2.26. The number of rotatable bonds is 0. The smallest absolute Gasteiger partial charge is 0.316 e. The second-order valence-electron chi connectivity index (χ2n) is 4.19. The maximum Gasteiger partial charge on any atom is 0.316 e. The fourth-order valence-corrected chi connectivity index (χ4v) is 2.26. The molecular weight excluding hydrogens is 168 g/mol. The lowest BCUT2D eigenvalue weighted by molar-refractivity contribution is -0.152. The molecule has 0 saturated carbocycles. The van der Waals surface area contributed by atoms with Crippen LogP contribution in [0.3, 0.4) is 0 Å². The summed E-state index contributed by atoms with van der Waals surface area (Å²) in [5.74, 6) is -0.218. The Bertz CT molecular complexity index is 247. The van der Waals surface area contributed by atoms with Gasteiger partial charge in [0.1, 0.15) is 17.8 Å². The van der Waals surface area contributed by atoms with Crippen molar-refractivity contribution in [1.29, 1.82) is 0 Å². The Kier molecular flexibility index (Phi) is 2.10. The van der Waals surface area contributed by atoms with E-state index < -0.39 is 5.92 Å². The predicted octanol–water partition coefficient (Wildman–Crippen LogP) is 1.31. The van der Waals surface area contributed by atoms with Crippen molar-refractivity contribution in [2.24, 2.45) is 11.8 Å². The summed E-state index contributed by atoms with van der Waals surface area (Å²) in [6.07, 6.45) is 2.86. The summed E-state index contributed by atoms with van der Waals surface area (Å²) in [5.41, 5.74) is 0. The van der Waals surface area contributed by atoms with E-state index in [1.165, 1.54) is 0 Å². The molecule has 13 heavy (non-hydrogen) atoms. The van der Waals surface area contributed by atoms with Crippen LogP contribution in [0.5, 0.6) is 0 Å². The molecule has 0 radical (unpaired) electrons. The number of hydrogen-bond acceptors (Lipinski definition) is 3. The Morgan fingerprint density at radius 3 is 2.85 bits per heavy atom. The lowest BCUT2D eigenvalue weighted by atomic mass is 9.85. The number of ketones is 1. The first kappa shape index (κ1) is 8.73. The summed E-state index contributed by atoms with van der Waals surface area (Å²) in [7, 11) is 0. The van der Waals surface area contributed by atoms with Crippen LogP contribution in [-0.2, 0) is 14.3 Å². The Labute approximate surface area is 77.4 Å². The molecule has 0 N–H and O–H groups in total. The normalized spacial score (nSPS) is 39.6. The summed E-state index contributed by atoms with van der Waals surface area (Å²) in [6, 6.07) is 0. The van der Waals surface area contributed by atoms with Crippen LogP contribution in [0.1, 0.15) is 32.6 Å². The van der Waals surface area contributed by atoms with Gasteiger partial charge in [0.2, 0.25) is 0 Å². The van der Waals surface area contributed by atoms with Gasteiger partial charge in [0.05, 0.1) is 0 Å². The van der Waals surface area contributed by atoms with Gasteiger partial charge in [0, 0.05) is 6.42 Å². The van der Waals surface area contributed by atoms with Crippen LogP contribution in [0, 0.1) is 11.8 Å². The largest absolute Gasteiger partial charge is 0.462 e. The van der Waals surface area contributed by atoms with Crippen molar-refractivity contribution in [2.45, 2.75) is 38.7 Å². The molecule has 2 rings (SSSR count). The molecule has 72 valence electrons. The van der Waals surface area contributed by atoms with Gasteiger partial charge in [-0.1, -0.05) is 6.92 Å². The summed E-state index contributed by atoms with van der Waals surface area (Å²) >= 11 is 0. The van der Waals surface area contributed by atoms with Crippen molar-refractivity contribution >= 4 is 11.8 Å². The Morgan fingerprint density at radius 2 is 2.08 bits per heavy atom. The first-order valence-electron chi connectivity index (χ1n) is 4.90. The second-order valence-corrected chi connectivity index (χ2v) is 4.19. The zero-order valence-corrected chi connectivity index (χ0v) is 7.79. The van der Waals surface area contributed by atoms with Gasteiger partial charge in [-0.25, -0.2) is 0 Å². The Hall–Kier alpha value is -0.860. The third-order valence-electron chi connectivity index (χ3n) is 2.97. The van der Waals surface area contributed by atoms with Crippen molar-refractivity contribution in [3.05, 3.63) is 0 Å². The average molecular weight is 182 g/mol. The van der Waals surface area contributed by atoms with Crippen molar-refractivity contribution in [3.63, 3.8) is 0 Å². The highest BCUT2D eigenvalue weighted by Gasteiger charge is 2.38. The van der Waals surface area contributed by atoms with Gasteiger partial charge >= 0.3 is 5.97 Å². The van der Waals surface area contributed by atoms with Gasteiger partial charge in [0.25, 0.3) is 0 Å². The van der Waals surface area contributed by atoms with E-state index in [1.54, 1.807) is 0 Å². The number of ether oxygens (including phenoxy) is 1. The topological polar surface area (TPSA) is 43.4 Å². The van der Waals surface area contributed by atoms with Crippen LogP contribution in [0.25, 0.3) is 0 Å². The van der Waals surface area contributed by atoms with Crippen molar-refractivity contribution in [2.75, 3.05) is 0 Å². The van der Waals surface area contributed by atoms with Gasteiger partial charge in [0.15, 0.2) is 0 Å². The standard InChI is InChI=1S/C10H14O3/c1-6-4-7-2-3-9(11)8(5-6)10(12)13-7/h6-8H,2-5H2,1H3/t6-,7+,8+/m1/s1. The van der Waals surface area contributed by atoms with Crippen LogP contribution in [-0.4, -0.2) is 17.9 Å². The molecule has 0 aromatic heterocycles. The predicted molar refractivity (Wildman–Crippen MR) is 46.0 cm³/mol. The molecule has 0 amide bonds. The molecule has 0 aliphatic carbocycles. The summed E-state index contributed by atoms with van der Waals surface area (Å²) in [6.45, 7) is 2.08. The lowest BCUT2D eigenvalue weighted by Crippen LogP contribution is -2.23. The molecule has 2 heterocycles. The minimum Gasteiger partial charge on any atom is -0.462 e. The lowest BCUT2D eigenvalue weighted by Gasteiger charge is -2.17. The zero-order chi connectivity index (χ0) is 9.42. The molecule has 2 aliphatic heterocycles. The van der Waals surface area contributed by atoms with E-state index in [-0.39, 0.29) is 17.9 Å². The van der Waals surface area contributed by atoms with E-state index in [9.17, 15) is 9.59 Å².